The highest BCUT2D eigenvalue weighted by atomic mass is 19.2. The van der Waals surface area contributed by atoms with Crippen LogP contribution in [0, 0.1) is 23.5 Å². The smallest absolute Gasteiger partial charge is 0.315 e. The molecule has 1 N–H and O–H groups in total. The van der Waals surface area contributed by atoms with Gasteiger partial charge in [-0.2, -0.15) is 0 Å². The first kappa shape index (κ1) is 16.4. The Balaban J connectivity index is 1.88. The van der Waals surface area contributed by atoms with Crippen molar-refractivity contribution in [2.75, 3.05) is 13.1 Å². The molecular weight excluding hydrogens is 292 g/mol. The maximum atomic E-state index is 13.2. The number of carbonyl (C=O) groups excluding carboxylic acids is 1. The van der Waals surface area contributed by atoms with Crippen LogP contribution in [0.15, 0.2) is 18.2 Å². The number of halogens is 2. The molecule has 0 aliphatic carbocycles. The molecule has 0 aromatic heterocycles. The van der Waals surface area contributed by atoms with Gasteiger partial charge in [0, 0.05) is 13.1 Å². The number of benzene rings is 1. The van der Waals surface area contributed by atoms with Crippen LogP contribution in [-0.2, 0) is 16.0 Å². The first-order valence-electron chi connectivity index (χ1n) is 7.34. The van der Waals surface area contributed by atoms with Crippen LogP contribution in [0.5, 0.6) is 0 Å². The average molecular weight is 311 g/mol. The van der Waals surface area contributed by atoms with E-state index in [1.807, 2.05) is 0 Å². The van der Waals surface area contributed by atoms with Crippen molar-refractivity contribution in [3.8, 4) is 0 Å². The van der Waals surface area contributed by atoms with E-state index < -0.39 is 23.5 Å². The molecule has 1 unspecified atom stereocenters. The van der Waals surface area contributed by atoms with Gasteiger partial charge in [0.25, 0.3) is 0 Å². The molecule has 1 aromatic carbocycles. The van der Waals surface area contributed by atoms with Crippen LogP contribution in [0.1, 0.15) is 25.3 Å². The monoisotopic (exact) mass is 311 g/mol. The summed E-state index contributed by atoms with van der Waals surface area (Å²) >= 11 is 0. The lowest BCUT2D eigenvalue weighted by Gasteiger charge is -2.33. The zero-order valence-electron chi connectivity index (χ0n) is 12.4. The average Bonchev–Trinajstić information content (AvgIpc) is 2.50. The number of hydrogen-bond donors (Lipinski definition) is 1. The van der Waals surface area contributed by atoms with Crippen molar-refractivity contribution in [1.29, 1.82) is 0 Å². The van der Waals surface area contributed by atoms with E-state index in [-0.39, 0.29) is 11.8 Å². The first-order chi connectivity index (χ1) is 10.4. The molecule has 1 amide bonds. The molecule has 2 rings (SSSR count). The predicted octanol–water partition coefficient (Wildman–Crippen LogP) is 2.47. The van der Waals surface area contributed by atoms with Crippen molar-refractivity contribution in [1.82, 2.24) is 4.90 Å². The van der Waals surface area contributed by atoms with Gasteiger partial charge in [-0.25, -0.2) is 8.78 Å². The fourth-order valence-electron chi connectivity index (χ4n) is 2.74. The van der Waals surface area contributed by atoms with Gasteiger partial charge in [0.05, 0.1) is 0 Å². The van der Waals surface area contributed by atoms with Gasteiger partial charge in [-0.1, -0.05) is 6.07 Å². The minimum atomic E-state index is -1.12. The summed E-state index contributed by atoms with van der Waals surface area (Å²) in [5.74, 6) is -3.92. The predicted molar refractivity (Wildman–Crippen MR) is 76.2 cm³/mol. The Bertz CT molecular complexity index is 569. The van der Waals surface area contributed by atoms with Gasteiger partial charge in [0.15, 0.2) is 11.6 Å². The molecular formula is C16H19F2NO3. The minimum Gasteiger partial charge on any atom is -0.481 e. The quantitative estimate of drug-likeness (QED) is 0.869. The molecule has 0 spiro atoms. The van der Waals surface area contributed by atoms with Crippen molar-refractivity contribution in [3.05, 3.63) is 35.4 Å². The first-order valence-corrected chi connectivity index (χ1v) is 7.34. The summed E-state index contributed by atoms with van der Waals surface area (Å²) in [6, 6.07) is 3.90. The summed E-state index contributed by atoms with van der Waals surface area (Å²) in [4.78, 5) is 24.3. The van der Waals surface area contributed by atoms with Crippen molar-refractivity contribution in [2.24, 2.45) is 11.8 Å². The lowest BCUT2D eigenvalue weighted by Crippen LogP contribution is -2.43. The Morgan fingerprint density at radius 3 is 2.45 bits per heavy atom. The lowest BCUT2D eigenvalue weighted by molar-refractivity contribution is -0.150. The Morgan fingerprint density at radius 1 is 1.27 bits per heavy atom. The van der Waals surface area contributed by atoms with E-state index in [4.69, 9.17) is 5.11 Å². The summed E-state index contributed by atoms with van der Waals surface area (Å²) in [5.41, 5.74) is 0.739. The summed E-state index contributed by atoms with van der Waals surface area (Å²) in [7, 11) is 0. The zero-order valence-corrected chi connectivity index (χ0v) is 12.4. The van der Waals surface area contributed by atoms with Gasteiger partial charge < -0.3 is 10.0 Å². The highest BCUT2D eigenvalue weighted by Crippen LogP contribution is 2.23. The summed E-state index contributed by atoms with van der Waals surface area (Å²) in [5, 5.41) is 8.86. The highest BCUT2D eigenvalue weighted by molar-refractivity contribution is 5.96. The fraction of sp³-hybridized carbons (Fsp3) is 0.500. The van der Waals surface area contributed by atoms with Crippen LogP contribution in [0.25, 0.3) is 0 Å². The molecule has 1 saturated heterocycles. The standard InChI is InChI=1S/C16H19F2NO3/c1-10(16(21)22)15(20)19-6-4-11(5-7-19)8-12-2-3-13(17)14(18)9-12/h2-3,9-11H,4-8H2,1H3,(H,21,22). The number of piperidine rings is 1. The third-order valence-electron chi connectivity index (χ3n) is 4.18. The normalized spacial score (nSPS) is 17.3. The van der Waals surface area contributed by atoms with Crippen molar-refractivity contribution in [3.63, 3.8) is 0 Å². The fourth-order valence-corrected chi connectivity index (χ4v) is 2.74. The molecule has 0 radical (unpaired) electrons. The van der Waals surface area contributed by atoms with E-state index in [0.717, 1.165) is 24.5 Å². The van der Waals surface area contributed by atoms with Crippen molar-refractivity contribution < 1.29 is 23.5 Å². The summed E-state index contributed by atoms with van der Waals surface area (Å²) in [6.07, 6.45) is 2.10. The highest BCUT2D eigenvalue weighted by Gasteiger charge is 2.29. The maximum Gasteiger partial charge on any atom is 0.315 e. The lowest BCUT2D eigenvalue weighted by atomic mass is 9.89. The maximum absolute atomic E-state index is 13.2. The molecule has 1 aliphatic heterocycles. The molecule has 0 bridgehead atoms. The SMILES string of the molecule is CC(C(=O)O)C(=O)N1CCC(Cc2ccc(F)c(F)c2)CC1. The summed E-state index contributed by atoms with van der Waals surface area (Å²) < 4.78 is 26.1. The van der Waals surface area contributed by atoms with Crippen LogP contribution >= 0.6 is 0 Å². The van der Waals surface area contributed by atoms with Gasteiger partial charge in [0.1, 0.15) is 5.92 Å². The van der Waals surface area contributed by atoms with E-state index in [1.165, 1.54) is 13.0 Å². The van der Waals surface area contributed by atoms with Gasteiger partial charge >= 0.3 is 5.97 Å². The van der Waals surface area contributed by atoms with Crippen molar-refractivity contribution >= 4 is 11.9 Å². The molecule has 1 fully saturated rings. The second-order valence-corrected chi connectivity index (χ2v) is 5.78. The number of carboxylic acid groups (broad SMARTS) is 1. The minimum absolute atomic E-state index is 0.286. The number of likely N-dealkylation sites (tertiary alicyclic amines) is 1. The molecule has 4 nitrogen and oxygen atoms in total. The third-order valence-corrected chi connectivity index (χ3v) is 4.18. The van der Waals surface area contributed by atoms with Crippen LogP contribution in [0.2, 0.25) is 0 Å². The Hall–Kier alpha value is -1.98. The van der Waals surface area contributed by atoms with Crippen LogP contribution in [0.4, 0.5) is 8.78 Å². The number of rotatable bonds is 4. The Morgan fingerprint density at radius 2 is 1.91 bits per heavy atom. The number of aliphatic carboxylic acids is 1. The molecule has 1 aliphatic rings. The van der Waals surface area contributed by atoms with Gasteiger partial charge in [0.2, 0.25) is 5.91 Å². The number of carbonyl (C=O) groups is 2. The van der Waals surface area contributed by atoms with Crippen molar-refractivity contribution in [2.45, 2.75) is 26.2 Å². The van der Waals surface area contributed by atoms with E-state index in [9.17, 15) is 18.4 Å². The summed E-state index contributed by atoms with van der Waals surface area (Å²) in [6.45, 7) is 2.40. The zero-order chi connectivity index (χ0) is 16.3. The molecule has 1 aromatic rings. The van der Waals surface area contributed by atoms with E-state index in [0.29, 0.717) is 19.5 Å². The topological polar surface area (TPSA) is 57.6 Å². The van der Waals surface area contributed by atoms with Crippen LogP contribution < -0.4 is 0 Å². The van der Waals surface area contributed by atoms with Crippen LogP contribution in [0.3, 0.4) is 0 Å². The number of amides is 1. The molecule has 6 heteroatoms. The number of hydrogen-bond acceptors (Lipinski definition) is 2. The Kier molecular flexibility index (Phi) is 5.11. The number of carboxylic acids is 1. The molecule has 1 heterocycles. The van der Waals surface area contributed by atoms with Crippen LogP contribution in [-0.4, -0.2) is 35.0 Å². The van der Waals surface area contributed by atoms with E-state index in [2.05, 4.69) is 0 Å². The largest absolute Gasteiger partial charge is 0.481 e. The second-order valence-electron chi connectivity index (χ2n) is 5.78. The second kappa shape index (κ2) is 6.85. The molecule has 22 heavy (non-hydrogen) atoms. The molecule has 0 saturated carbocycles. The molecule has 1 atom stereocenters. The number of nitrogens with zero attached hydrogens (tertiary/aromatic N) is 1. The van der Waals surface area contributed by atoms with Gasteiger partial charge in [-0.15, -0.1) is 0 Å². The van der Waals surface area contributed by atoms with Gasteiger partial charge in [-0.05, 0) is 49.8 Å². The molecule has 120 valence electrons. The van der Waals surface area contributed by atoms with E-state index >= 15 is 0 Å². The third kappa shape index (κ3) is 3.81. The van der Waals surface area contributed by atoms with E-state index in [1.54, 1.807) is 11.0 Å². The van der Waals surface area contributed by atoms with Gasteiger partial charge in [-0.3, -0.25) is 9.59 Å². The Labute approximate surface area is 127 Å².